The average Bonchev–Trinajstić information content (AvgIpc) is 2.68. The zero-order chi connectivity index (χ0) is 20.1. The van der Waals surface area contributed by atoms with E-state index in [-0.39, 0.29) is 5.82 Å². The largest absolute Gasteiger partial charge is 0.399 e. The van der Waals surface area contributed by atoms with Crippen molar-refractivity contribution in [2.24, 2.45) is 0 Å². The number of anilines is 2. The van der Waals surface area contributed by atoms with E-state index in [9.17, 15) is 8.96 Å². The van der Waals surface area contributed by atoms with E-state index in [1.165, 1.54) is 12.1 Å². The Kier molecular flexibility index (Phi) is 6.21. The second-order valence-corrected chi connectivity index (χ2v) is 9.76. The molecule has 3 rings (SSSR count). The number of benzene rings is 3. The maximum Gasteiger partial charge on any atom is 0.171 e. The minimum Gasteiger partial charge on any atom is -0.399 e. The highest BCUT2D eigenvalue weighted by Crippen LogP contribution is 2.44. The molecule has 0 aromatic heterocycles. The summed E-state index contributed by atoms with van der Waals surface area (Å²) in [7, 11) is -3.26. The van der Waals surface area contributed by atoms with Gasteiger partial charge in [0.2, 0.25) is 0 Å². The monoisotopic (exact) mass is 396 g/mol. The van der Waals surface area contributed by atoms with Gasteiger partial charge in [-0.3, -0.25) is 0 Å². The predicted molar refractivity (Wildman–Crippen MR) is 118 cm³/mol. The van der Waals surface area contributed by atoms with E-state index in [4.69, 9.17) is 11.5 Å². The number of rotatable bonds is 7. The Morgan fingerprint density at radius 2 is 1.46 bits per heavy atom. The Labute approximate surface area is 166 Å². The standard InChI is InChI=1S/C23H26FN2OP/c1-2-3-4-7-17-14-18(24)12-13-23(17)28(27,21-10-5-8-19(25)15-21)22-11-6-9-20(26)16-22/h5-6,8-16H,2-4,7,25-26H2,1H3. The van der Waals surface area contributed by atoms with Crippen LogP contribution in [0.4, 0.5) is 15.8 Å². The summed E-state index contributed by atoms with van der Waals surface area (Å²) >= 11 is 0. The third-order valence-corrected chi connectivity index (χ3v) is 8.02. The van der Waals surface area contributed by atoms with Crippen LogP contribution in [0.25, 0.3) is 0 Å². The Morgan fingerprint density at radius 1 is 0.857 bits per heavy atom. The summed E-state index contributed by atoms with van der Waals surface area (Å²) in [4.78, 5) is 0. The number of hydrogen-bond acceptors (Lipinski definition) is 3. The minimum atomic E-state index is -3.26. The molecule has 146 valence electrons. The van der Waals surface area contributed by atoms with Crippen molar-refractivity contribution >= 4 is 34.4 Å². The molecular formula is C23H26FN2OP. The number of aryl methyl sites for hydroxylation is 1. The third kappa shape index (κ3) is 4.13. The molecule has 0 heterocycles. The smallest absolute Gasteiger partial charge is 0.171 e. The van der Waals surface area contributed by atoms with E-state index in [2.05, 4.69) is 6.92 Å². The Hall–Kier alpha value is -2.58. The van der Waals surface area contributed by atoms with Crippen LogP contribution in [0.1, 0.15) is 31.7 Å². The van der Waals surface area contributed by atoms with Gasteiger partial charge in [-0.1, -0.05) is 44.0 Å². The fraction of sp³-hybridized carbons (Fsp3) is 0.217. The number of hydrogen-bond donors (Lipinski definition) is 2. The fourth-order valence-corrected chi connectivity index (χ4v) is 6.47. The van der Waals surface area contributed by atoms with Crippen molar-refractivity contribution in [1.82, 2.24) is 0 Å². The Bertz CT molecular complexity index is 969. The lowest BCUT2D eigenvalue weighted by Gasteiger charge is -2.23. The van der Waals surface area contributed by atoms with Gasteiger partial charge < -0.3 is 16.0 Å². The minimum absolute atomic E-state index is 0.318. The molecule has 0 radical (unpaired) electrons. The molecule has 0 bridgehead atoms. The topological polar surface area (TPSA) is 69.1 Å². The first-order chi connectivity index (χ1) is 13.4. The number of nitrogen functional groups attached to an aromatic ring is 2. The van der Waals surface area contributed by atoms with Gasteiger partial charge in [-0.25, -0.2) is 4.39 Å². The van der Waals surface area contributed by atoms with Crippen LogP contribution >= 0.6 is 7.14 Å². The van der Waals surface area contributed by atoms with Gasteiger partial charge in [0.05, 0.1) is 0 Å². The summed E-state index contributed by atoms with van der Waals surface area (Å²) in [5, 5.41) is 1.91. The highest BCUT2D eigenvalue weighted by atomic mass is 31.2. The van der Waals surface area contributed by atoms with Crippen LogP contribution in [-0.2, 0) is 11.0 Å². The number of nitrogens with two attached hydrogens (primary N) is 2. The maximum absolute atomic E-state index is 14.7. The summed E-state index contributed by atoms with van der Waals surface area (Å²) in [6.07, 6.45) is 3.69. The van der Waals surface area contributed by atoms with E-state index in [0.29, 0.717) is 33.7 Å². The Balaban J connectivity index is 2.25. The second kappa shape index (κ2) is 8.62. The molecule has 5 heteroatoms. The van der Waals surface area contributed by atoms with Gasteiger partial charge in [-0.15, -0.1) is 0 Å². The molecule has 0 aliphatic rings. The molecular weight excluding hydrogens is 370 g/mol. The normalized spacial score (nSPS) is 11.5. The van der Waals surface area contributed by atoms with Crippen LogP contribution in [0.2, 0.25) is 0 Å². The third-order valence-electron chi connectivity index (χ3n) is 4.90. The van der Waals surface area contributed by atoms with Crippen LogP contribution < -0.4 is 27.4 Å². The summed E-state index contributed by atoms with van der Waals surface area (Å²) in [5.41, 5.74) is 13.8. The van der Waals surface area contributed by atoms with E-state index in [1.54, 1.807) is 42.5 Å². The second-order valence-electron chi connectivity index (χ2n) is 7.03. The van der Waals surface area contributed by atoms with E-state index in [0.717, 1.165) is 24.8 Å². The fourth-order valence-electron chi connectivity index (χ4n) is 3.50. The lowest BCUT2D eigenvalue weighted by molar-refractivity contribution is 0.592. The molecule has 4 N–H and O–H groups in total. The summed E-state index contributed by atoms with van der Waals surface area (Å²) < 4.78 is 28.7. The van der Waals surface area contributed by atoms with Gasteiger partial charge in [-0.05, 0) is 60.9 Å². The molecule has 0 atom stereocenters. The van der Waals surface area contributed by atoms with Crippen LogP contribution in [0.5, 0.6) is 0 Å². The number of unbranched alkanes of at least 4 members (excludes halogenated alkanes) is 2. The van der Waals surface area contributed by atoms with Crippen molar-refractivity contribution in [3.8, 4) is 0 Å². The zero-order valence-electron chi connectivity index (χ0n) is 16.1. The number of halogens is 1. The van der Waals surface area contributed by atoms with E-state index >= 15 is 0 Å². The van der Waals surface area contributed by atoms with Crippen LogP contribution in [0, 0.1) is 5.82 Å². The molecule has 3 aromatic carbocycles. The van der Waals surface area contributed by atoms with Gasteiger partial charge >= 0.3 is 0 Å². The van der Waals surface area contributed by atoms with Crippen molar-refractivity contribution in [3.05, 3.63) is 78.1 Å². The lowest BCUT2D eigenvalue weighted by Crippen LogP contribution is -2.28. The van der Waals surface area contributed by atoms with Crippen LogP contribution in [0.3, 0.4) is 0 Å². The molecule has 0 spiro atoms. The molecule has 0 unspecified atom stereocenters. The summed E-state index contributed by atoms with van der Waals surface area (Å²) in [6, 6.07) is 18.8. The van der Waals surface area contributed by atoms with Crippen LogP contribution in [-0.4, -0.2) is 0 Å². The lowest BCUT2D eigenvalue weighted by atomic mass is 10.1. The molecule has 0 saturated carbocycles. The molecule has 0 amide bonds. The maximum atomic E-state index is 14.7. The van der Waals surface area contributed by atoms with Gasteiger partial charge in [-0.2, -0.15) is 0 Å². The van der Waals surface area contributed by atoms with E-state index in [1.807, 2.05) is 12.1 Å². The molecule has 3 aromatic rings. The van der Waals surface area contributed by atoms with Crippen LogP contribution in [0.15, 0.2) is 66.7 Å². The molecule has 0 saturated heterocycles. The molecule has 0 fully saturated rings. The van der Waals surface area contributed by atoms with Crippen molar-refractivity contribution in [2.75, 3.05) is 11.5 Å². The average molecular weight is 396 g/mol. The zero-order valence-corrected chi connectivity index (χ0v) is 17.0. The van der Waals surface area contributed by atoms with E-state index < -0.39 is 7.14 Å². The van der Waals surface area contributed by atoms with Gasteiger partial charge in [0.15, 0.2) is 7.14 Å². The van der Waals surface area contributed by atoms with Crippen molar-refractivity contribution in [1.29, 1.82) is 0 Å². The van der Waals surface area contributed by atoms with Gasteiger partial charge in [0.25, 0.3) is 0 Å². The van der Waals surface area contributed by atoms with Crippen molar-refractivity contribution in [3.63, 3.8) is 0 Å². The molecule has 28 heavy (non-hydrogen) atoms. The highest BCUT2D eigenvalue weighted by Gasteiger charge is 2.32. The highest BCUT2D eigenvalue weighted by molar-refractivity contribution is 7.85. The summed E-state index contributed by atoms with van der Waals surface area (Å²) in [5.74, 6) is -0.318. The van der Waals surface area contributed by atoms with Crippen molar-refractivity contribution < 1.29 is 8.96 Å². The Morgan fingerprint density at radius 3 is 2.00 bits per heavy atom. The van der Waals surface area contributed by atoms with Gasteiger partial charge in [0.1, 0.15) is 5.82 Å². The first-order valence-corrected chi connectivity index (χ1v) is 11.3. The SMILES string of the molecule is CCCCCc1cc(F)ccc1P(=O)(c1cccc(N)c1)c1cccc(N)c1. The predicted octanol–water partition coefficient (Wildman–Crippen LogP) is 4.36. The first kappa shape index (κ1) is 20.2. The first-order valence-electron chi connectivity index (χ1n) is 9.56. The van der Waals surface area contributed by atoms with Crippen molar-refractivity contribution in [2.45, 2.75) is 32.6 Å². The molecule has 0 aliphatic carbocycles. The molecule has 3 nitrogen and oxygen atoms in total. The van der Waals surface area contributed by atoms with Gasteiger partial charge in [0, 0.05) is 27.3 Å². The quantitative estimate of drug-likeness (QED) is 0.354. The molecule has 0 aliphatic heterocycles. The summed E-state index contributed by atoms with van der Waals surface area (Å²) in [6.45, 7) is 2.12.